The summed E-state index contributed by atoms with van der Waals surface area (Å²) >= 11 is 3.46. The van der Waals surface area contributed by atoms with Gasteiger partial charge >= 0.3 is 0 Å². The Labute approximate surface area is 122 Å². The number of hydrogen-bond acceptors (Lipinski definition) is 2. The summed E-state index contributed by atoms with van der Waals surface area (Å²) in [4.78, 5) is 4.54. The number of nitrogens with zero attached hydrogens (tertiary/aromatic N) is 1. The normalized spacial score (nSPS) is 10.9. The van der Waals surface area contributed by atoms with Gasteiger partial charge in [0.15, 0.2) is 0 Å². The van der Waals surface area contributed by atoms with Crippen LogP contribution in [0.15, 0.2) is 45.9 Å². The van der Waals surface area contributed by atoms with Crippen LogP contribution >= 0.6 is 15.9 Å². The third-order valence-corrected chi connectivity index (χ3v) is 3.38. The van der Waals surface area contributed by atoms with Crippen LogP contribution in [0, 0.1) is 13.8 Å². The average molecular weight is 318 g/mol. The molecule has 0 N–H and O–H groups in total. The molecule has 0 radical (unpaired) electrons. The quantitative estimate of drug-likeness (QED) is 0.743. The van der Waals surface area contributed by atoms with Gasteiger partial charge in [0.1, 0.15) is 5.75 Å². The summed E-state index contributed by atoms with van der Waals surface area (Å²) < 4.78 is 6.34. The van der Waals surface area contributed by atoms with E-state index in [4.69, 9.17) is 4.74 Å². The first-order chi connectivity index (χ1) is 9.10. The molecule has 0 amide bonds. The lowest BCUT2D eigenvalue weighted by Gasteiger charge is -2.05. The molecule has 0 unspecified atom stereocenters. The summed E-state index contributed by atoms with van der Waals surface area (Å²) in [5, 5.41) is 0. The van der Waals surface area contributed by atoms with E-state index in [-0.39, 0.29) is 0 Å². The van der Waals surface area contributed by atoms with Gasteiger partial charge in [0.05, 0.1) is 12.8 Å². The molecule has 0 aliphatic heterocycles. The van der Waals surface area contributed by atoms with Crippen LogP contribution in [0.2, 0.25) is 0 Å². The van der Waals surface area contributed by atoms with Crippen molar-refractivity contribution >= 4 is 27.8 Å². The Kier molecular flexibility index (Phi) is 4.38. The van der Waals surface area contributed by atoms with Crippen LogP contribution in [0.25, 0.3) is 0 Å². The molecule has 3 heteroatoms. The van der Waals surface area contributed by atoms with Gasteiger partial charge in [0, 0.05) is 16.3 Å². The van der Waals surface area contributed by atoms with Crippen molar-refractivity contribution in [3.05, 3.63) is 57.6 Å². The van der Waals surface area contributed by atoms with Gasteiger partial charge in [-0.05, 0) is 43.7 Å². The number of hydrogen-bond donors (Lipinski definition) is 0. The minimum atomic E-state index is 0.816. The second-order valence-electron chi connectivity index (χ2n) is 4.43. The number of halogens is 1. The van der Waals surface area contributed by atoms with E-state index in [2.05, 4.69) is 46.9 Å². The molecule has 98 valence electrons. The van der Waals surface area contributed by atoms with E-state index in [0.717, 1.165) is 21.5 Å². The highest BCUT2D eigenvalue weighted by Crippen LogP contribution is 2.23. The molecule has 0 heterocycles. The van der Waals surface area contributed by atoms with Crippen LogP contribution in [-0.2, 0) is 0 Å². The SMILES string of the molecule is COc1ccc(Br)cc1C=Nc1ccc(C)cc1C. The van der Waals surface area contributed by atoms with Crippen LogP contribution in [-0.4, -0.2) is 13.3 Å². The van der Waals surface area contributed by atoms with Crippen LogP contribution in [0.3, 0.4) is 0 Å². The predicted molar refractivity (Wildman–Crippen MR) is 83.9 cm³/mol. The summed E-state index contributed by atoms with van der Waals surface area (Å²) in [6.07, 6.45) is 1.83. The van der Waals surface area contributed by atoms with Gasteiger partial charge in [0.25, 0.3) is 0 Å². The lowest BCUT2D eigenvalue weighted by molar-refractivity contribution is 0.414. The van der Waals surface area contributed by atoms with Crippen LogP contribution in [0.5, 0.6) is 5.75 Å². The number of aliphatic imine (C=N–C) groups is 1. The molecule has 0 saturated heterocycles. The Bertz CT molecular complexity index is 620. The van der Waals surface area contributed by atoms with E-state index in [1.54, 1.807) is 7.11 Å². The van der Waals surface area contributed by atoms with Crippen LogP contribution in [0.4, 0.5) is 5.69 Å². The molecule has 0 bridgehead atoms. The molecule has 19 heavy (non-hydrogen) atoms. The molecule has 2 nitrogen and oxygen atoms in total. The smallest absolute Gasteiger partial charge is 0.127 e. The molecule has 0 saturated carbocycles. The van der Waals surface area contributed by atoms with E-state index in [9.17, 15) is 0 Å². The number of benzene rings is 2. The minimum Gasteiger partial charge on any atom is -0.496 e. The van der Waals surface area contributed by atoms with E-state index >= 15 is 0 Å². The van der Waals surface area contributed by atoms with Crippen LogP contribution < -0.4 is 4.74 Å². The lowest BCUT2D eigenvalue weighted by atomic mass is 10.1. The van der Waals surface area contributed by atoms with Crippen molar-refractivity contribution in [2.75, 3.05) is 7.11 Å². The predicted octanol–water partition coefficient (Wildman–Crippen LogP) is 4.83. The van der Waals surface area contributed by atoms with Crippen molar-refractivity contribution in [2.24, 2.45) is 4.99 Å². The number of aryl methyl sites for hydroxylation is 2. The fourth-order valence-corrected chi connectivity index (χ4v) is 2.27. The Hall–Kier alpha value is -1.61. The van der Waals surface area contributed by atoms with Crippen molar-refractivity contribution in [1.29, 1.82) is 0 Å². The van der Waals surface area contributed by atoms with Crippen molar-refractivity contribution < 1.29 is 4.74 Å². The Balaban J connectivity index is 2.34. The second kappa shape index (κ2) is 6.02. The van der Waals surface area contributed by atoms with Crippen molar-refractivity contribution in [2.45, 2.75) is 13.8 Å². The standard InChI is InChI=1S/C16H16BrNO/c1-11-4-6-15(12(2)8-11)18-10-13-9-14(17)5-7-16(13)19-3/h4-10H,1-3H3. The first-order valence-corrected chi connectivity index (χ1v) is 6.84. The zero-order valence-electron chi connectivity index (χ0n) is 11.3. The number of ether oxygens (including phenoxy) is 1. The van der Waals surface area contributed by atoms with Gasteiger partial charge < -0.3 is 4.74 Å². The van der Waals surface area contributed by atoms with Gasteiger partial charge in [-0.15, -0.1) is 0 Å². The topological polar surface area (TPSA) is 21.6 Å². The molecule has 0 atom stereocenters. The monoisotopic (exact) mass is 317 g/mol. The van der Waals surface area contributed by atoms with Crippen LogP contribution in [0.1, 0.15) is 16.7 Å². The summed E-state index contributed by atoms with van der Waals surface area (Å²) in [6, 6.07) is 12.1. The number of rotatable bonds is 3. The second-order valence-corrected chi connectivity index (χ2v) is 5.35. The molecule has 0 aliphatic rings. The van der Waals surface area contributed by atoms with Gasteiger partial charge in [-0.2, -0.15) is 0 Å². The maximum atomic E-state index is 5.33. The number of methoxy groups -OCH3 is 1. The maximum Gasteiger partial charge on any atom is 0.127 e. The van der Waals surface area contributed by atoms with Gasteiger partial charge in [-0.3, -0.25) is 4.99 Å². The summed E-state index contributed by atoms with van der Waals surface area (Å²) in [7, 11) is 1.66. The highest BCUT2D eigenvalue weighted by molar-refractivity contribution is 9.10. The molecule has 0 spiro atoms. The molecular weight excluding hydrogens is 302 g/mol. The van der Waals surface area contributed by atoms with Crippen molar-refractivity contribution in [3.63, 3.8) is 0 Å². The summed E-state index contributed by atoms with van der Waals surface area (Å²) in [5.74, 6) is 0.816. The Morgan fingerprint density at radius 1 is 1.11 bits per heavy atom. The summed E-state index contributed by atoms with van der Waals surface area (Å²) in [6.45, 7) is 4.15. The average Bonchev–Trinajstić information content (AvgIpc) is 2.38. The van der Waals surface area contributed by atoms with E-state index < -0.39 is 0 Å². The molecule has 0 aromatic heterocycles. The highest BCUT2D eigenvalue weighted by atomic mass is 79.9. The maximum absolute atomic E-state index is 5.33. The Morgan fingerprint density at radius 2 is 1.89 bits per heavy atom. The molecule has 0 fully saturated rings. The molecule has 0 aliphatic carbocycles. The largest absolute Gasteiger partial charge is 0.496 e. The minimum absolute atomic E-state index is 0.816. The molecule has 2 rings (SSSR count). The first kappa shape index (κ1) is 13.8. The van der Waals surface area contributed by atoms with E-state index in [1.165, 1.54) is 11.1 Å². The molecular formula is C16H16BrNO. The lowest BCUT2D eigenvalue weighted by Crippen LogP contribution is -1.90. The zero-order chi connectivity index (χ0) is 13.8. The van der Waals surface area contributed by atoms with E-state index in [0.29, 0.717) is 0 Å². The van der Waals surface area contributed by atoms with Crippen molar-refractivity contribution in [3.8, 4) is 5.75 Å². The van der Waals surface area contributed by atoms with E-state index in [1.807, 2.05) is 30.5 Å². The third kappa shape index (κ3) is 3.44. The van der Waals surface area contributed by atoms with Crippen molar-refractivity contribution in [1.82, 2.24) is 0 Å². The fourth-order valence-electron chi connectivity index (χ4n) is 1.90. The third-order valence-electron chi connectivity index (χ3n) is 2.89. The van der Waals surface area contributed by atoms with Gasteiger partial charge in [0.2, 0.25) is 0 Å². The fraction of sp³-hybridized carbons (Fsp3) is 0.188. The van der Waals surface area contributed by atoms with Gasteiger partial charge in [-0.25, -0.2) is 0 Å². The zero-order valence-corrected chi connectivity index (χ0v) is 12.9. The first-order valence-electron chi connectivity index (χ1n) is 6.05. The molecule has 2 aromatic rings. The Morgan fingerprint density at radius 3 is 2.58 bits per heavy atom. The highest BCUT2D eigenvalue weighted by Gasteiger charge is 2.01. The molecule has 2 aromatic carbocycles. The van der Waals surface area contributed by atoms with Gasteiger partial charge in [-0.1, -0.05) is 33.6 Å². The summed E-state index contributed by atoms with van der Waals surface area (Å²) in [5.41, 5.74) is 4.35.